The average molecular weight is 285 g/mol. The molecule has 1 aromatic carbocycles. The van der Waals surface area contributed by atoms with E-state index in [1.54, 1.807) is 31.5 Å². The van der Waals surface area contributed by atoms with Crippen molar-refractivity contribution in [2.45, 2.75) is 12.5 Å². The van der Waals surface area contributed by atoms with Crippen molar-refractivity contribution in [2.24, 2.45) is 10.7 Å². The second-order valence-electron chi connectivity index (χ2n) is 4.90. The van der Waals surface area contributed by atoms with Crippen LogP contribution in [-0.2, 0) is 9.53 Å². The van der Waals surface area contributed by atoms with Crippen molar-refractivity contribution in [3.05, 3.63) is 54.9 Å². The molecule has 0 spiro atoms. The minimum Gasteiger partial charge on any atom is -0.472 e. The molecular weight excluding hydrogens is 270 g/mol. The molecule has 2 heterocycles. The Morgan fingerprint density at radius 3 is 2.86 bits per heavy atom. The number of benzene rings is 1. The SMILES string of the molecule is CC(Oc1ccccc1)(C(N)=O)C1=NC2=COC=CN2C1. The topological polar surface area (TPSA) is 77.2 Å². The Labute approximate surface area is 122 Å². The number of carbonyl (C=O) groups excluding carboxylic acids is 1. The van der Waals surface area contributed by atoms with Gasteiger partial charge >= 0.3 is 0 Å². The molecule has 21 heavy (non-hydrogen) atoms. The van der Waals surface area contributed by atoms with Gasteiger partial charge in [-0.05, 0) is 19.1 Å². The summed E-state index contributed by atoms with van der Waals surface area (Å²) >= 11 is 0. The van der Waals surface area contributed by atoms with Gasteiger partial charge in [0.25, 0.3) is 5.91 Å². The molecule has 2 N–H and O–H groups in total. The van der Waals surface area contributed by atoms with Crippen molar-refractivity contribution < 1.29 is 14.3 Å². The second kappa shape index (κ2) is 4.97. The Hall–Kier alpha value is -2.76. The van der Waals surface area contributed by atoms with Crippen LogP contribution in [0.2, 0.25) is 0 Å². The van der Waals surface area contributed by atoms with Gasteiger partial charge in [0, 0.05) is 6.20 Å². The lowest BCUT2D eigenvalue weighted by Gasteiger charge is -2.27. The van der Waals surface area contributed by atoms with E-state index >= 15 is 0 Å². The number of fused-ring (bicyclic) bond motifs is 1. The van der Waals surface area contributed by atoms with E-state index in [0.717, 1.165) is 0 Å². The Kier molecular flexibility index (Phi) is 3.13. The van der Waals surface area contributed by atoms with Crippen LogP contribution in [0, 0.1) is 0 Å². The molecule has 0 aromatic heterocycles. The molecule has 6 nitrogen and oxygen atoms in total. The molecular formula is C15H15N3O3. The summed E-state index contributed by atoms with van der Waals surface area (Å²) in [5.41, 5.74) is 4.79. The molecule has 2 aliphatic rings. The number of para-hydroxylation sites is 1. The summed E-state index contributed by atoms with van der Waals surface area (Å²) in [4.78, 5) is 18.2. The van der Waals surface area contributed by atoms with Crippen LogP contribution in [0.3, 0.4) is 0 Å². The highest BCUT2D eigenvalue weighted by molar-refractivity contribution is 6.13. The molecule has 108 valence electrons. The fourth-order valence-electron chi connectivity index (χ4n) is 2.15. The van der Waals surface area contributed by atoms with Gasteiger partial charge in [-0.25, -0.2) is 4.99 Å². The van der Waals surface area contributed by atoms with Gasteiger partial charge in [-0.15, -0.1) is 0 Å². The molecule has 0 saturated carbocycles. The van der Waals surface area contributed by atoms with E-state index in [0.29, 0.717) is 23.8 Å². The van der Waals surface area contributed by atoms with E-state index in [2.05, 4.69) is 4.99 Å². The maximum atomic E-state index is 11.9. The first-order valence-electron chi connectivity index (χ1n) is 6.50. The molecule has 3 rings (SSSR count). The van der Waals surface area contributed by atoms with Gasteiger partial charge in [-0.3, -0.25) is 4.79 Å². The summed E-state index contributed by atoms with van der Waals surface area (Å²) in [6.45, 7) is 2.06. The maximum absolute atomic E-state index is 11.9. The van der Waals surface area contributed by atoms with Gasteiger partial charge in [0.15, 0.2) is 5.82 Å². The predicted octanol–water partition coefficient (Wildman–Crippen LogP) is 1.37. The first-order chi connectivity index (χ1) is 10.1. The summed E-state index contributed by atoms with van der Waals surface area (Å²) in [5, 5.41) is 0. The number of amides is 1. The van der Waals surface area contributed by atoms with Crippen LogP contribution in [0.5, 0.6) is 5.75 Å². The molecule has 2 aliphatic heterocycles. The Morgan fingerprint density at radius 2 is 2.19 bits per heavy atom. The quantitative estimate of drug-likeness (QED) is 0.906. The van der Waals surface area contributed by atoms with Crippen molar-refractivity contribution in [3.63, 3.8) is 0 Å². The summed E-state index contributed by atoms with van der Waals surface area (Å²) in [6.07, 6.45) is 4.80. The summed E-state index contributed by atoms with van der Waals surface area (Å²) in [5.74, 6) is 0.597. The van der Waals surface area contributed by atoms with Gasteiger partial charge in [0.05, 0.1) is 12.3 Å². The molecule has 6 heteroatoms. The highest BCUT2D eigenvalue weighted by atomic mass is 16.5. The van der Waals surface area contributed by atoms with Crippen LogP contribution in [0.15, 0.2) is 59.9 Å². The summed E-state index contributed by atoms with van der Waals surface area (Å²) in [7, 11) is 0. The predicted molar refractivity (Wildman–Crippen MR) is 77.1 cm³/mol. The number of ether oxygens (including phenoxy) is 2. The number of rotatable bonds is 4. The molecule has 1 amide bonds. The van der Waals surface area contributed by atoms with Crippen LogP contribution in [-0.4, -0.2) is 28.7 Å². The number of primary amides is 1. The van der Waals surface area contributed by atoms with Crippen molar-refractivity contribution >= 4 is 11.6 Å². The molecule has 1 unspecified atom stereocenters. The fraction of sp³-hybridized carbons (Fsp3) is 0.200. The van der Waals surface area contributed by atoms with Gasteiger partial charge in [-0.2, -0.15) is 0 Å². The number of nitrogens with zero attached hydrogens (tertiary/aromatic N) is 2. The first-order valence-corrected chi connectivity index (χ1v) is 6.50. The lowest BCUT2D eigenvalue weighted by Crippen LogP contribution is -2.54. The van der Waals surface area contributed by atoms with Crippen molar-refractivity contribution in [2.75, 3.05) is 6.54 Å². The van der Waals surface area contributed by atoms with Crippen molar-refractivity contribution in [1.29, 1.82) is 0 Å². The van der Waals surface area contributed by atoms with Crippen LogP contribution in [0.4, 0.5) is 0 Å². The highest BCUT2D eigenvalue weighted by Gasteiger charge is 2.43. The molecule has 1 atom stereocenters. The van der Waals surface area contributed by atoms with Crippen LogP contribution < -0.4 is 10.5 Å². The molecule has 0 radical (unpaired) electrons. The van der Waals surface area contributed by atoms with Crippen LogP contribution in [0.1, 0.15) is 6.92 Å². The molecule has 0 fully saturated rings. The van der Waals surface area contributed by atoms with E-state index in [1.165, 1.54) is 6.26 Å². The zero-order valence-electron chi connectivity index (χ0n) is 11.5. The largest absolute Gasteiger partial charge is 0.472 e. The van der Waals surface area contributed by atoms with E-state index in [1.807, 2.05) is 23.1 Å². The minimum atomic E-state index is -1.31. The second-order valence-corrected chi connectivity index (χ2v) is 4.90. The fourth-order valence-corrected chi connectivity index (χ4v) is 2.15. The Morgan fingerprint density at radius 1 is 1.43 bits per heavy atom. The number of aliphatic imine (C=N–C) groups is 1. The van der Waals surface area contributed by atoms with Gasteiger partial charge in [-0.1, -0.05) is 18.2 Å². The third-order valence-electron chi connectivity index (χ3n) is 3.44. The first kappa shape index (κ1) is 13.2. The van der Waals surface area contributed by atoms with E-state index in [-0.39, 0.29) is 0 Å². The number of hydrogen-bond acceptors (Lipinski definition) is 5. The van der Waals surface area contributed by atoms with Gasteiger partial charge in [0.2, 0.25) is 5.60 Å². The normalized spacial score (nSPS) is 19.0. The molecule has 0 saturated heterocycles. The zero-order chi connectivity index (χ0) is 14.9. The van der Waals surface area contributed by atoms with E-state index < -0.39 is 11.5 Å². The lowest BCUT2D eigenvalue weighted by atomic mass is 9.98. The molecule has 0 aliphatic carbocycles. The van der Waals surface area contributed by atoms with E-state index in [4.69, 9.17) is 15.2 Å². The summed E-state index contributed by atoms with van der Waals surface area (Å²) in [6, 6.07) is 9.07. The van der Waals surface area contributed by atoms with E-state index in [9.17, 15) is 4.79 Å². The third-order valence-corrected chi connectivity index (χ3v) is 3.44. The van der Waals surface area contributed by atoms with Gasteiger partial charge in [0.1, 0.15) is 18.3 Å². The number of hydrogen-bond donors (Lipinski definition) is 1. The maximum Gasteiger partial charge on any atom is 0.267 e. The minimum absolute atomic E-state index is 0.429. The molecule has 0 bridgehead atoms. The lowest BCUT2D eigenvalue weighted by molar-refractivity contribution is -0.127. The summed E-state index contributed by atoms with van der Waals surface area (Å²) < 4.78 is 10.9. The monoisotopic (exact) mass is 285 g/mol. The van der Waals surface area contributed by atoms with Gasteiger partial charge < -0.3 is 20.1 Å². The Balaban J connectivity index is 1.91. The third kappa shape index (κ3) is 2.35. The standard InChI is InChI=1S/C15H15N3O3/c1-15(14(16)19,21-11-5-3-2-4-6-11)12-9-18-7-8-20-10-13(18)17-12/h2-8,10H,9H2,1H3,(H2,16,19). The smallest absolute Gasteiger partial charge is 0.267 e. The van der Waals surface area contributed by atoms with Crippen molar-refractivity contribution in [3.8, 4) is 5.75 Å². The Bertz CT molecular complexity index is 651. The van der Waals surface area contributed by atoms with Crippen LogP contribution >= 0.6 is 0 Å². The average Bonchev–Trinajstić information content (AvgIpc) is 2.92. The molecule has 1 aromatic rings. The van der Waals surface area contributed by atoms with Crippen LogP contribution in [0.25, 0.3) is 0 Å². The van der Waals surface area contributed by atoms with Crippen molar-refractivity contribution in [1.82, 2.24) is 4.90 Å². The highest BCUT2D eigenvalue weighted by Crippen LogP contribution is 2.27. The zero-order valence-corrected chi connectivity index (χ0v) is 11.5. The number of carbonyl (C=O) groups is 1. The number of nitrogens with two attached hydrogens (primary N) is 1.